The fraction of sp³-hybridized carbons (Fsp3) is 0.478. The molecular weight excluding hydrogens is 348 g/mol. The van der Waals surface area contributed by atoms with Crippen molar-refractivity contribution in [3.05, 3.63) is 66.0 Å². The first kappa shape index (κ1) is 20.5. The Balaban J connectivity index is 1.36. The lowest BCUT2D eigenvalue weighted by Gasteiger charge is -2.33. The number of piperidine rings is 1. The second kappa shape index (κ2) is 10.9. The number of nitrogens with zero attached hydrogens (tertiary/aromatic N) is 3. The zero-order chi connectivity index (χ0) is 19.6. The molecule has 1 unspecified atom stereocenters. The van der Waals surface area contributed by atoms with Gasteiger partial charge in [0.1, 0.15) is 0 Å². The van der Waals surface area contributed by atoms with Gasteiger partial charge in [0.15, 0.2) is 0 Å². The summed E-state index contributed by atoms with van der Waals surface area (Å²) in [6, 6.07) is 14.9. The van der Waals surface area contributed by atoms with Gasteiger partial charge in [0, 0.05) is 31.5 Å². The third-order valence-electron chi connectivity index (χ3n) is 5.27. The lowest BCUT2D eigenvalue weighted by atomic mass is 10.0. The van der Waals surface area contributed by atoms with Gasteiger partial charge in [-0.1, -0.05) is 30.3 Å². The van der Waals surface area contributed by atoms with Crippen LogP contribution >= 0.6 is 0 Å². The Labute approximate surface area is 168 Å². The lowest BCUT2D eigenvalue weighted by Crippen LogP contribution is -2.49. The van der Waals surface area contributed by atoms with E-state index in [0.717, 1.165) is 45.4 Å². The van der Waals surface area contributed by atoms with Crippen LogP contribution in [0.2, 0.25) is 0 Å². The first-order chi connectivity index (χ1) is 13.7. The van der Waals surface area contributed by atoms with E-state index in [2.05, 4.69) is 45.5 Å². The van der Waals surface area contributed by atoms with Crippen LogP contribution in [-0.2, 0) is 17.8 Å². The minimum absolute atomic E-state index is 0.118. The maximum Gasteiger partial charge on any atom is 0.234 e. The summed E-state index contributed by atoms with van der Waals surface area (Å²) in [4.78, 5) is 21.0. The van der Waals surface area contributed by atoms with E-state index in [4.69, 9.17) is 0 Å². The zero-order valence-electron chi connectivity index (χ0n) is 16.9. The fourth-order valence-electron chi connectivity index (χ4n) is 3.90. The summed E-state index contributed by atoms with van der Waals surface area (Å²) >= 11 is 0. The first-order valence-corrected chi connectivity index (χ1v) is 10.3. The Morgan fingerprint density at radius 2 is 1.96 bits per heavy atom. The molecule has 1 atom stereocenters. The van der Waals surface area contributed by atoms with Crippen molar-refractivity contribution in [2.24, 2.45) is 0 Å². The zero-order valence-corrected chi connectivity index (χ0v) is 16.9. The molecule has 0 bridgehead atoms. The second-order valence-electron chi connectivity index (χ2n) is 7.82. The average molecular weight is 381 g/mol. The van der Waals surface area contributed by atoms with Gasteiger partial charge in [-0.05, 0) is 69.1 Å². The lowest BCUT2D eigenvalue weighted by molar-refractivity contribution is -0.123. The topological polar surface area (TPSA) is 48.5 Å². The molecule has 1 amide bonds. The quantitative estimate of drug-likeness (QED) is 0.727. The highest BCUT2D eigenvalue weighted by atomic mass is 16.2. The smallest absolute Gasteiger partial charge is 0.234 e. The van der Waals surface area contributed by atoms with Crippen molar-refractivity contribution in [2.45, 2.75) is 38.3 Å². The molecule has 150 valence electrons. The summed E-state index contributed by atoms with van der Waals surface area (Å²) in [6.45, 7) is 4.39. The summed E-state index contributed by atoms with van der Waals surface area (Å²) in [5.41, 5.74) is 2.58. The van der Waals surface area contributed by atoms with Crippen LogP contribution in [-0.4, -0.2) is 60.0 Å². The van der Waals surface area contributed by atoms with Gasteiger partial charge >= 0.3 is 0 Å². The number of nitrogens with one attached hydrogen (secondary N) is 1. The summed E-state index contributed by atoms with van der Waals surface area (Å²) in [6.07, 6.45) is 8.10. The van der Waals surface area contributed by atoms with E-state index in [0.29, 0.717) is 6.54 Å². The van der Waals surface area contributed by atoms with Crippen LogP contribution < -0.4 is 5.32 Å². The molecule has 1 aliphatic heterocycles. The predicted octanol–water partition coefficient (Wildman–Crippen LogP) is 2.73. The van der Waals surface area contributed by atoms with Crippen LogP contribution in [0.5, 0.6) is 0 Å². The van der Waals surface area contributed by atoms with Crippen molar-refractivity contribution in [2.75, 3.05) is 33.2 Å². The SMILES string of the molecule is CN(CC(=O)NC1CCCN(CCCc2ccccc2)C1)Cc1ccncc1. The van der Waals surface area contributed by atoms with Gasteiger partial charge in [-0.15, -0.1) is 0 Å². The molecule has 2 heterocycles. The summed E-state index contributed by atoms with van der Waals surface area (Å²) in [7, 11) is 1.98. The van der Waals surface area contributed by atoms with Gasteiger partial charge in [-0.2, -0.15) is 0 Å². The van der Waals surface area contributed by atoms with Crippen LogP contribution in [0.3, 0.4) is 0 Å². The third-order valence-corrected chi connectivity index (χ3v) is 5.27. The molecule has 1 fully saturated rings. The Hall–Kier alpha value is -2.24. The Morgan fingerprint density at radius 1 is 1.18 bits per heavy atom. The number of hydrogen-bond acceptors (Lipinski definition) is 4. The van der Waals surface area contributed by atoms with Crippen LogP contribution in [0.15, 0.2) is 54.9 Å². The number of pyridine rings is 1. The standard InChI is InChI=1S/C23H32N4O/c1-26(17-21-11-13-24-14-12-21)19-23(28)25-22-10-6-16-27(18-22)15-5-9-20-7-3-2-4-8-20/h2-4,7-8,11-14,22H,5-6,9-10,15-19H2,1H3,(H,25,28). The van der Waals surface area contributed by atoms with Crippen LogP contribution in [0.1, 0.15) is 30.4 Å². The number of hydrogen-bond donors (Lipinski definition) is 1. The van der Waals surface area contributed by atoms with Crippen LogP contribution in [0.25, 0.3) is 0 Å². The molecule has 1 N–H and O–H groups in total. The highest BCUT2D eigenvalue weighted by Gasteiger charge is 2.21. The Morgan fingerprint density at radius 3 is 2.75 bits per heavy atom. The van der Waals surface area contributed by atoms with E-state index in [-0.39, 0.29) is 11.9 Å². The minimum atomic E-state index is 0.118. The number of benzene rings is 1. The second-order valence-corrected chi connectivity index (χ2v) is 7.82. The molecule has 5 heteroatoms. The van der Waals surface area contributed by atoms with Crippen LogP contribution in [0, 0.1) is 0 Å². The summed E-state index contributed by atoms with van der Waals surface area (Å²) < 4.78 is 0. The van der Waals surface area contributed by atoms with Gasteiger partial charge in [0.2, 0.25) is 5.91 Å². The van der Waals surface area contributed by atoms with Crippen molar-refractivity contribution < 1.29 is 4.79 Å². The summed E-state index contributed by atoms with van der Waals surface area (Å²) in [5.74, 6) is 0.118. The van der Waals surface area contributed by atoms with Gasteiger partial charge in [0.25, 0.3) is 0 Å². The number of likely N-dealkylation sites (N-methyl/N-ethyl adjacent to an activating group) is 1. The Kier molecular flexibility index (Phi) is 8.00. The first-order valence-electron chi connectivity index (χ1n) is 10.3. The molecule has 2 aromatic rings. The van der Waals surface area contributed by atoms with E-state index in [1.54, 1.807) is 12.4 Å². The van der Waals surface area contributed by atoms with Crippen molar-refractivity contribution in [1.29, 1.82) is 0 Å². The number of rotatable bonds is 9. The van der Waals surface area contributed by atoms with Gasteiger partial charge in [0.05, 0.1) is 6.54 Å². The van der Waals surface area contributed by atoms with E-state index >= 15 is 0 Å². The number of carbonyl (C=O) groups is 1. The highest BCUT2D eigenvalue weighted by Crippen LogP contribution is 2.12. The molecule has 1 aromatic heterocycles. The normalized spacial score (nSPS) is 17.6. The van der Waals surface area contributed by atoms with Crippen molar-refractivity contribution in [1.82, 2.24) is 20.1 Å². The minimum Gasteiger partial charge on any atom is -0.351 e. The number of aryl methyl sites for hydroxylation is 1. The molecule has 28 heavy (non-hydrogen) atoms. The fourth-order valence-corrected chi connectivity index (χ4v) is 3.90. The molecule has 5 nitrogen and oxygen atoms in total. The van der Waals surface area contributed by atoms with Gasteiger partial charge < -0.3 is 10.2 Å². The maximum atomic E-state index is 12.4. The van der Waals surface area contributed by atoms with E-state index in [1.807, 2.05) is 24.1 Å². The monoisotopic (exact) mass is 380 g/mol. The molecule has 0 aliphatic carbocycles. The van der Waals surface area contributed by atoms with Crippen LogP contribution in [0.4, 0.5) is 0 Å². The molecule has 0 spiro atoms. The Bertz CT molecular complexity index is 707. The number of likely N-dealkylation sites (tertiary alicyclic amines) is 1. The molecule has 1 saturated heterocycles. The van der Waals surface area contributed by atoms with E-state index < -0.39 is 0 Å². The summed E-state index contributed by atoms with van der Waals surface area (Å²) in [5, 5.41) is 3.24. The van der Waals surface area contributed by atoms with Gasteiger partial charge in [-0.25, -0.2) is 0 Å². The predicted molar refractivity (Wildman–Crippen MR) is 113 cm³/mol. The highest BCUT2D eigenvalue weighted by molar-refractivity contribution is 5.78. The van der Waals surface area contributed by atoms with Crippen molar-refractivity contribution in [3.63, 3.8) is 0 Å². The number of carbonyl (C=O) groups excluding carboxylic acids is 1. The van der Waals surface area contributed by atoms with Crippen molar-refractivity contribution >= 4 is 5.91 Å². The number of amides is 1. The van der Waals surface area contributed by atoms with Gasteiger partial charge in [-0.3, -0.25) is 14.7 Å². The molecule has 0 radical (unpaired) electrons. The maximum absolute atomic E-state index is 12.4. The largest absolute Gasteiger partial charge is 0.351 e. The molecular formula is C23H32N4O. The third kappa shape index (κ3) is 7.06. The molecule has 3 rings (SSSR count). The molecule has 0 saturated carbocycles. The average Bonchev–Trinajstić information content (AvgIpc) is 2.69. The molecule has 1 aliphatic rings. The van der Waals surface area contributed by atoms with Crippen molar-refractivity contribution in [3.8, 4) is 0 Å². The van der Waals surface area contributed by atoms with E-state index in [9.17, 15) is 4.79 Å². The number of aromatic nitrogens is 1. The van der Waals surface area contributed by atoms with E-state index in [1.165, 1.54) is 17.5 Å². The molecule has 1 aromatic carbocycles.